The van der Waals surface area contributed by atoms with E-state index >= 15 is 0 Å². The molecule has 2 saturated carbocycles. The minimum Gasteiger partial charge on any atom is -0.481 e. The van der Waals surface area contributed by atoms with Crippen LogP contribution in [0.1, 0.15) is 56.4 Å². The van der Waals surface area contributed by atoms with E-state index in [0.29, 0.717) is 18.8 Å². The van der Waals surface area contributed by atoms with Crippen LogP contribution in [-0.2, 0) is 9.59 Å². The van der Waals surface area contributed by atoms with Crippen molar-refractivity contribution in [3.05, 3.63) is 35.9 Å². The second-order valence-electron chi connectivity index (χ2n) is 7.09. The third-order valence-corrected chi connectivity index (χ3v) is 5.40. The van der Waals surface area contributed by atoms with Gasteiger partial charge in [0, 0.05) is 6.54 Å². The fourth-order valence-corrected chi connectivity index (χ4v) is 3.79. The van der Waals surface area contributed by atoms with Gasteiger partial charge in [-0.25, -0.2) is 0 Å². The number of carbonyl (C=O) groups excluding carboxylic acids is 1. The van der Waals surface area contributed by atoms with Gasteiger partial charge < -0.3 is 10.4 Å². The molecule has 0 bridgehead atoms. The first-order chi connectivity index (χ1) is 11.1. The summed E-state index contributed by atoms with van der Waals surface area (Å²) in [6.07, 6.45) is 6.47. The topological polar surface area (TPSA) is 66.4 Å². The molecule has 1 unspecified atom stereocenters. The zero-order valence-corrected chi connectivity index (χ0v) is 13.5. The summed E-state index contributed by atoms with van der Waals surface area (Å²) in [5.74, 6) is -0.500. The Labute approximate surface area is 137 Å². The summed E-state index contributed by atoms with van der Waals surface area (Å²) in [6.45, 7) is 0.261. The molecule has 4 heteroatoms. The first-order valence-electron chi connectivity index (χ1n) is 8.68. The Morgan fingerprint density at radius 2 is 1.78 bits per heavy atom. The van der Waals surface area contributed by atoms with Crippen molar-refractivity contribution in [1.82, 2.24) is 5.32 Å². The van der Waals surface area contributed by atoms with Crippen molar-refractivity contribution < 1.29 is 14.7 Å². The number of carboxylic acids is 1. The van der Waals surface area contributed by atoms with Crippen LogP contribution in [0.25, 0.3) is 0 Å². The van der Waals surface area contributed by atoms with E-state index in [0.717, 1.165) is 37.7 Å². The van der Waals surface area contributed by atoms with Crippen LogP contribution in [0.4, 0.5) is 0 Å². The Bertz CT molecular complexity index is 559. The molecule has 0 aromatic heterocycles. The van der Waals surface area contributed by atoms with E-state index in [1.807, 2.05) is 30.3 Å². The van der Waals surface area contributed by atoms with Crippen LogP contribution < -0.4 is 5.32 Å². The summed E-state index contributed by atoms with van der Waals surface area (Å²) in [6, 6.07) is 9.86. The van der Waals surface area contributed by atoms with Gasteiger partial charge in [-0.15, -0.1) is 0 Å². The van der Waals surface area contributed by atoms with Gasteiger partial charge in [-0.2, -0.15) is 0 Å². The minimum absolute atomic E-state index is 0.00935. The average molecular weight is 315 g/mol. The second-order valence-corrected chi connectivity index (χ2v) is 7.09. The summed E-state index contributed by atoms with van der Waals surface area (Å²) in [5, 5.41) is 12.6. The lowest BCUT2D eigenvalue weighted by Gasteiger charge is -2.33. The van der Waals surface area contributed by atoms with E-state index in [2.05, 4.69) is 5.32 Å². The third-order valence-electron chi connectivity index (χ3n) is 5.40. The van der Waals surface area contributed by atoms with Gasteiger partial charge in [0.15, 0.2) is 0 Å². The van der Waals surface area contributed by atoms with E-state index in [-0.39, 0.29) is 18.4 Å². The Balaban J connectivity index is 1.68. The molecule has 0 saturated heterocycles. The molecule has 1 atom stereocenters. The number of carbonyl (C=O) groups is 2. The Morgan fingerprint density at radius 1 is 1.13 bits per heavy atom. The maximum absolute atomic E-state index is 12.7. The van der Waals surface area contributed by atoms with E-state index in [4.69, 9.17) is 0 Å². The first kappa shape index (κ1) is 16.0. The van der Waals surface area contributed by atoms with Gasteiger partial charge in [-0.3, -0.25) is 9.59 Å². The highest BCUT2D eigenvalue weighted by Crippen LogP contribution is 2.43. The fourth-order valence-electron chi connectivity index (χ4n) is 3.79. The highest BCUT2D eigenvalue weighted by Gasteiger charge is 2.42. The molecule has 3 rings (SSSR count). The molecule has 2 aliphatic rings. The van der Waals surface area contributed by atoms with Crippen molar-refractivity contribution in [2.24, 2.45) is 11.3 Å². The highest BCUT2D eigenvalue weighted by molar-refractivity contribution is 5.85. The molecule has 124 valence electrons. The van der Waals surface area contributed by atoms with Crippen molar-refractivity contribution in [2.75, 3.05) is 6.54 Å². The summed E-state index contributed by atoms with van der Waals surface area (Å²) in [4.78, 5) is 24.5. The smallest absolute Gasteiger partial charge is 0.311 e. The molecule has 2 aliphatic carbocycles. The molecule has 4 nitrogen and oxygen atoms in total. The largest absolute Gasteiger partial charge is 0.481 e. The molecule has 0 radical (unpaired) electrons. The van der Waals surface area contributed by atoms with Gasteiger partial charge in [0.1, 0.15) is 0 Å². The standard InChI is InChI=1S/C19H25NO3/c21-17(16(15-9-10-15)14-7-3-1-4-8-14)20-13-19(18(22)23)11-5-2-6-12-19/h1,3-4,7-8,15-16H,2,5-6,9-13H2,(H,20,21)(H,22,23). The van der Waals surface area contributed by atoms with Crippen LogP contribution >= 0.6 is 0 Å². The van der Waals surface area contributed by atoms with Gasteiger partial charge >= 0.3 is 5.97 Å². The maximum atomic E-state index is 12.7. The second kappa shape index (κ2) is 6.73. The number of aliphatic carboxylic acids is 1. The van der Waals surface area contributed by atoms with Gasteiger partial charge in [0.2, 0.25) is 5.91 Å². The van der Waals surface area contributed by atoms with Crippen LogP contribution in [0.5, 0.6) is 0 Å². The Hall–Kier alpha value is -1.84. The minimum atomic E-state index is -0.765. The van der Waals surface area contributed by atoms with Crippen molar-refractivity contribution in [3.8, 4) is 0 Å². The zero-order chi connectivity index (χ0) is 16.3. The van der Waals surface area contributed by atoms with E-state index < -0.39 is 11.4 Å². The lowest BCUT2D eigenvalue weighted by molar-refractivity contribution is -0.151. The summed E-state index contributed by atoms with van der Waals surface area (Å²) < 4.78 is 0. The normalized spacial score (nSPS) is 21.4. The molecular formula is C19H25NO3. The number of nitrogens with one attached hydrogen (secondary N) is 1. The van der Waals surface area contributed by atoms with Gasteiger partial charge in [-0.1, -0.05) is 49.6 Å². The maximum Gasteiger partial charge on any atom is 0.311 e. The number of benzene rings is 1. The number of carboxylic acid groups (broad SMARTS) is 1. The molecule has 23 heavy (non-hydrogen) atoms. The number of hydrogen-bond acceptors (Lipinski definition) is 2. The van der Waals surface area contributed by atoms with Crippen molar-refractivity contribution in [1.29, 1.82) is 0 Å². The third kappa shape index (κ3) is 3.57. The van der Waals surface area contributed by atoms with Crippen LogP contribution in [0.3, 0.4) is 0 Å². The number of hydrogen-bond donors (Lipinski definition) is 2. The fraction of sp³-hybridized carbons (Fsp3) is 0.579. The Morgan fingerprint density at radius 3 is 2.35 bits per heavy atom. The lowest BCUT2D eigenvalue weighted by Crippen LogP contribution is -2.45. The van der Waals surface area contributed by atoms with Gasteiger partial charge in [0.25, 0.3) is 0 Å². The SMILES string of the molecule is O=C(NCC1(C(=O)O)CCCCC1)C(c1ccccc1)C1CC1. The van der Waals surface area contributed by atoms with E-state index in [1.165, 1.54) is 0 Å². The summed E-state index contributed by atoms with van der Waals surface area (Å²) in [7, 11) is 0. The monoisotopic (exact) mass is 315 g/mol. The summed E-state index contributed by atoms with van der Waals surface area (Å²) in [5.41, 5.74) is 0.277. The zero-order valence-electron chi connectivity index (χ0n) is 13.5. The van der Waals surface area contributed by atoms with Gasteiger partial charge in [-0.05, 0) is 37.2 Å². The first-order valence-corrected chi connectivity index (χ1v) is 8.68. The van der Waals surface area contributed by atoms with Gasteiger partial charge in [0.05, 0.1) is 11.3 Å². The quantitative estimate of drug-likeness (QED) is 0.846. The van der Waals surface area contributed by atoms with Crippen LogP contribution in [0.2, 0.25) is 0 Å². The predicted molar refractivity (Wildman–Crippen MR) is 88.1 cm³/mol. The van der Waals surface area contributed by atoms with Crippen molar-refractivity contribution >= 4 is 11.9 Å². The molecule has 2 N–H and O–H groups in total. The lowest BCUT2D eigenvalue weighted by atomic mass is 9.74. The number of amides is 1. The molecule has 0 heterocycles. The average Bonchev–Trinajstić information content (AvgIpc) is 3.40. The van der Waals surface area contributed by atoms with E-state index in [9.17, 15) is 14.7 Å². The summed E-state index contributed by atoms with van der Waals surface area (Å²) >= 11 is 0. The molecule has 1 aromatic rings. The van der Waals surface area contributed by atoms with Crippen LogP contribution in [-0.4, -0.2) is 23.5 Å². The van der Waals surface area contributed by atoms with Crippen LogP contribution in [0.15, 0.2) is 30.3 Å². The number of rotatable bonds is 6. The van der Waals surface area contributed by atoms with Crippen LogP contribution in [0, 0.1) is 11.3 Å². The Kier molecular flexibility index (Phi) is 4.69. The molecule has 1 amide bonds. The van der Waals surface area contributed by atoms with Crippen molar-refractivity contribution in [3.63, 3.8) is 0 Å². The van der Waals surface area contributed by atoms with E-state index in [1.54, 1.807) is 0 Å². The van der Waals surface area contributed by atoms with Crippen molar-refractivity contribution in [2.45, 2.75) is 50.9 Å². The molecule has 1 aromatic carbocycles. The molecule has 0 spiro atoms. The molecule has 0 aliphatic heterocycles. The highest BCUT2D eigenvalue weighted by atomic mass is 16.4. The molecular weight excluding hydrogens is 290 g/mol. The molecule has 2 fully saturated rings. The predicted octanol–water partition coefficient (Wildman–Crippen LogP) is 3.33.